The van der Waals surface area contributed by atoms with Crippen LogP contribution in [-0.4, -0.2) is 119 Å². The van der Waals surface area contributed by atoms with Crippen molar-refractivity contribution in [2.24, 2.45) is 0 Å². The molecular formula is C12H25O9S+. The molecule has 0 aliphatic carbocycles. The van der Waals surface area contributed by atoms with Gasteiger partial charge in [0.15, 0.2) is 5.25 Å². The van der Waals surface area contributed by atoms with Crippen LogP contribution < -0.4 is 0 Å². The van der Waals surface area contributed by atoms with Crippen molar-refractivity contribution in [2.45, 2.75) is 48.0 Å². The Morgan fingerprint density at radius 1 is 0.864 bits per heavy atom. The second kappa shape index (κ2) is 8.73. The topological polar surface area (TPSA) is 182 Å². The Hall–Kier alpha value is -0.0100. The van der Waals surface area contributed by atoms with Gasteiger partial charge in [-0.1, -0.05) is 0 Å². The second-order valence-corrected chi connectivity index (χ2v) is 7.79. The van der Waals surface area contributed by atoms with Gasteiger partial charge >= 0.3 is 0 Å². The molecule has 22 heavy (non-hydrogen) atoms. The van der Waals surface area contributed by atoms with Crippen molar-refractivity contribution in [1.82, 2.24) is 0 Å². The van der Waals surface area contributed by atoms with Crippen LogP contribution >= 0.6 is 0 Å². The molecule has 0 radical (unpaired) electrons. The Morgan fingerprint density at radius 3 is 1.91 bits per heavy atom. The highest BCUT2D eigenvalue weighted by atomic mass is 32.2. The molecular weight excluding hydrogens is 320 g/mol. The van der Waals surface area contributed by atoms with Crippen LogP contribution in [0.25, 0.3) is 0 Å². The van der Waals surface area contributed by atoms with Crippen LogP contribution in [0.3, 0.4) is 0 Å². The van der Waals surface area contributed by atoms with Crippen molar-refractivity contribution in [3.63, 3.8) is 0 Å². The first-order chi connectivity index (χ1) is 10.2. The minimum absolute atomic E-state index is 0.0977. The fraction of sp³-hybridized carbons (Fsp3) is 1.00. The van der Waals surface area contributed by atoms with E-state index in [9.17, 15) is 40.9 Å². The highest BCUT2D eigenvalue weighted by molar-refractivity contribution is 7.97. The molecule has 0 bridgehead atoms. The summed E-state index contributed by atoms with van der Waals surface area (Å²) in [6, 6.07) is 0. The standard InChI is InChI=1S/C12H25O9S/c13-1-5(15)10(19)12(21)11(20)7(17)4-22-3-6(16)9(18)8(22)2-14/h5-21H,1-4H2/q+1/t5?,6-,7-,8-,9+,10-,11-,12-,22?/m1/s1. The average Bonchev–Trinajstić information content (AvgIpc) is 2.77. The molecule has 0 saturated carbocycles. The van der Waals surface area contributed by atoms with Crippen LogP contribution in [0.4, 0.5) is 0 Å². The maximum absolute atomic E-state index is 9.93. The van der Waals surface area contributed by atoms with Crippen molar-refractivity contribution in [3.8, 4) is 0 Å². The maximum Gasteiger partial charge on any atom is 0.169 e. The van der Waals surface area contributed by atoms with Gasteiger partial charge < -0.3 is 46.0 Å². The SMILES string of the molecule is OCC(O)[C@@H](O)[C@@H](O)[C@H](O)[C@H](O)C[S+]1C[C@@H](O)[C@H](O)[C@H]1CO. The largest absolute Gasteiger partial charge is 0.394 e. The molecule has 2 unspecified atom stereocenters. The van der Waals surface area contributed by atoms with Gasteiger partial charge in [-0.15, -0.1) is 0 Å². The number of rotatable bonds is 8. The van der Waals surface area contributed by atoms with Gasteiger partial charge in [-0.2, -0.15) is 0 Å². The number of aliphatic hydroxyl groups excluding tert-OH is 9. The molecule has 0 aromatic heterocycles. The van der Waals surface area contributed by atoms with Gasteiger partial charge in [-0.25, -0.2) is 0 Å². The van der Waals surface area contributed by atoms with Gasteiger partial charge in [0, 0.05) is 10.9 Å². The zero-order valence-electron chi connectivity index (χ0n) is 11.9. The molecule has 1 saturated heterocycles. The predicted molar refractivity (Wildman–Crippen MR) is 77.1 cm³/mol. The van der Waals surface area contributed by atoms with E-state index in [0.717, 1.165) is 0 Å². The van der Waals surface area contributed by atoms with E-state index in [1.54, 1.807) is 0 Å². The van der Waals surface area contributed by atoms with Crippen LogP contribution in [0.5, 0.6) is 0 Å². The molecule has 0 amide bonds. The quantitative estimate of drug-likeness (QED) is 0.194. The van der Waals surface area contributed by atoms with Crippen LogP contribution in [-0.2, 0) is 10.9 Å². The van der Waals surface area contributed by atoms with Crippen molar-refractivity contribution in [1.29, 1.82) is 0 Å². The van der Waals surface area contributed by atoms with Crippen LogP contribution in [0.2, 0.25) is 0 Å². The Balaban J connectivity index is 2.62. The number of aliphatic hydroxyl groups is 9. The van der Waals surface area contributed by atoms with E-state index in [1.165, 1.54) is 0 Å². The fourth-order valence-electron chi connectivity index (χ4n) is 2.37. The summed E-state index contributed by atoms with van der Waals surface area (Å²) in [5.41, 5.74) is 0. The maximum atomic E-state index is 9.93. The summed E-state index contributed by atoms with van der Waals surface area (Å²) in [6.45, 7) is -1.21. The lowest BCUT2D eigenvalue weighted by molar-refractivity contribution is -0.136. The molecule has 10 heteroatoms. The lowest BCUT2D eigenvalue weighted by Gasteiger charge is -2.28. The van der Waals surface area contributed by atoms with Gasteiger partial charge in [0.2, 0.25) is 0 Å². The Bertz CT molecular complexity index is 334. The minimum Gasteiger partial charge on any atom is -0.394 e. The molecule has 132 valence electrons. The third-order valence-corrected chi connectivity index (χ3v) is 6.65. The summed E-state index contributed by atoms with van der Waals surface area (Å²) in [4.78, 5) is 0. The summed E-state index contributed by atoms with van der Waals surface area (Å²) in [5.74, 6) is 0.0492. The lowest BCUT2D eigenvalue weighted by atomic mass is 10.0. The molecule has 9 nitrogen and oxygen atoms in total. The predicted octanol–water partition coefficient (Wildman–Crippen LogP) is -5.50. The molecule has 1 rings (SSSR count). The second-order valence-electron chi connectivity index (χ2n) is 5.44. The van der Waals surface area contributed by atoms with Crippen molar-refractivity contribution in [3.05, 3.63) is 0 Å². The monoisotopic (exact) mass is 345 g/mol. The molecule has 1 aliphatic rings. The van der Waals surface area contributed by atoms with Crippen molar-refractivity contribution >= 4 is 10.9 Å². The summed E-state index contributed by atoms with van der Waals surface area (Å²) < 4.78 is 0. The highest BCUT2D eigenvalue weighted by Gasteiger charge is 2.51. The fourth-order valence-corrected chi connectivity index (χ4v) is 5.06. The summed E-state index contributed by atoms with van der Waals surface area (Å²) in [6.07, 6.45) is -10.8. The zero-order chi connectivity index (χ0) is 17.0. The average molecular weight is 345 g/mol. The van der Waals surface area contributed by atoms with E-state index in [4.69, 9.17) is 5.11 Å². The summed E-state index contributed by atoms with van der Waals surface area (Å²) in [5, 5.41) is 84.7. The van der Waals surface area contributed by atoms with Gasteiger partial charge in [0.1, 0.15) is 54.2 Å². The smallest absolute Gasteiger partial charge is 0.169 e. The van der Waals surface area contributed by atoms with Crippen molar-refractivity contribution in [2.75, 3.05) is 24.7 Å². The Labute approximate surface area is 130 Å². The molecule has 1 fully saturated rings. The Morgan fingerprint density at radius 2 is 1.41 bits per heavy atom. The number of hydrogen-bond acceptors (Lipinski definition) is 9. The molecule has 9 N–H and O–H groups in total. The molecule has 0 aromatic carbocycles. The third-order valence-electron chi connectivity index (χ3n) is 3.83. The third kappa shape index (κ3) is 4.51. The van der Waals surface area contributed by atoms with Gasteiger partial charge in [-0.05, 0) is 0 Å². The lowest BCUT2D eigenvalue weighted by Crippen LogP contribution is -2.52. The van der Waals surface area contributed by atoms with E-state index >= 15 is 0 Å². The zero-order valence-corrected chi connectivity index (χ0v) is 12.7. The molecule has 0 spiro atoms. The van der Waals surface area contributed by atoms with Crippen LogP contribution in [0.15, 0.2) is 0 Å². The summed E-state index contributed by atoms with van der Waals surface area (Å²) in [7, 11) is -0.783. The summed E-state index contributed by atoms with van der Waals surface area (Å²) >= 11 is 0. The van der Waals surface area contributed by atoms with Crippen LogP contribution in [0.1, 0.15) is 0 Å². The van der Waals surface area contributed by atoms with Crippen LogP contribution in [0, 0.1) is 0 Å². The van der Waals surface area contributed by atoms with Crippen molar-refractivity contribution < 1.29 is 46.0 Å². The first-order valence-electron chi connectivity index (χ1n) is 6.89. The first-order valence-corrected chi connectivity index (χ1v) is 8.51. The van der Waals surface area contributed by atoms with E-state index in [-0.39, 0.29) is 11.5 Å². The van der Waals surface area contributed by atoms with Gasteiger partial charge in [0.25, 0.3) is 0 Å². The minimum atomic E-state index is -1.88. The molecule has 0 aromatic rings. The molecule has 1 aliphatic heterocycles. The number of hydrogen-bond donors (Lipinski definition) is 9. The van der Waals surface area contributed by atoms with E-state index in [0.29, 0.717) is 0 Å². The highest BCUT2D eigenvalue weighted by Crippen LogP contribution is 2.25. The van der Waals surface area contributed by atoms with E-state index < -0.39 is 72.1 Å². The van der Waals surface area contributed by atoms with E-state index in [1.807, 2.05) is 0 Å². The molecule has 1 heterocycles. The first kappa shape index (κ1) is 20.0. The van der Waals surface area contributed by atoms with E-state index in [2.05, 4.69) is 0 Å². The Kier molecular flexibility index (Phi) is 7.95. The van der Waals surface area contributed by atoms with Gasteiger partial charge in [-0.3, -0.25) is 0 Å². The van der Waals surface area contributed by atoms with Gasteiger partial charge in [0.05, 0.1) is 13.2 Å². The molecule has 9 atom stereocenters. The normalized spacial score (nSPS) is 35.9.